The molecule has 1 saturated heterocycles. The zero-order valence-electron chi connectivity index (χ0n) is 10.9. The van der Waals surface area contributed by atoms with Crippen molar-refractivity contribution in [2.24, 2.45) is 0 Å². The predicted molar refractivity (Wildman–Crippen MR) is 66.9 cm³/mol. The van der Waals surface area contributed by atoms with Crippen molar-refractivity contribution in [1.82, 2.24) is 11.5 Å². The van der Waals surface area contributed by atoms with Crippen LogP contribution in [-0.4, -0.2) is 57.4 Å². The molecule has 0 aromatic heterocycles. The quantitative estimate of drug-likeness (QED) is 0.350. The van der Waals surface area contributed by atoms with Crippen molar-refractivity contribution >= 4 is 23.9 Å². The van der Waals surface area contributed by atoms with Crippen molar-refractivity contribution in [3.8, 4) is 0 Å². The Bertz CT molecular complexity index is 258. The lowest BCUT2D eigenvalue weighted by atomic mass is 10.3. The lowest BCUT2D eigenvalue weighted by Gasteiger charge is -1.85. The van der Waals surface area contributed by atoms with Gasteiger partial charge in [-0.1, -0.05) is 0 Å². The summed E-state index contributed by atoms with van der Waals surface area (Å²) >= 11 is 0. The Balaban J connectivity index is -0.000000228. The first-order valence-corrected chi connectivity index (χ1v) is 5.33. The number of hydrogen-bond acceptors (Lipinski definition) is 6. The van der Waals surface area contributed by atoms with Crippen LogP contribution in [0.5, 0.6) is 0 Å². The van der Waals surface area contributed by atoms with Gasteiger partial charge in [0.1, 0.15) is 0 Å². The average Bonchev–Trinajstić information content (AvgIpc) is 3.12. The van der Waals surface area contributed by atoms with E-state index in [4.69, 9.17) is 20.4 Å². The summed E-state index contributed by atoms with van der Waals surface area (Å²) in [6.45, 7) is 2.50. The molecule has 8 N–H and O–H groups in total. The second-order valence-corrected chi connectivity index (χ2v) is 3.32. The highest BCUT2D eigenvalue weighted by Gasteiger charge is 2.01. The van der Waals surface area contributed by atoms with E-state index in [1.807, 2.05) is 0 Å². The zero-order valence-corrected chi connectivity index (χ0v) is 10.9. The highest BCUT2D eigenvalue weighted by molar-refractivity contribution is 5.75. The third kappa shape index (κ3) is 44.7. The molecule has 0 saturated carbocycles. The number of carboxylic acids is 4. The van der Waals surface area contributed by atoms with Crippen LogP contribution in [0.25, 0.3) is 0 Å². The average molecular weight is 296 g/mol. The Hall–Kier alpha value is -2.20. The monoisotopic (exact) mass is 296 g/mol. The van der Waals surface area contributed by atoms with Crippen LogP contribution in [0.3, 0.4) is 0 Å². The lowest BCUT2D eigenvalue weighted by molar-refractivity contribution is -0.143. The van der Waals surface area contributed by atoms with Crippen molar-refractivity contribution < 1.29 is 39.6 Å². The first-order chi connectivity index (χ1) is 8.75. The molecular formula is C10H20N2O8. The molecule has 118 valence electrons. The largest absolute Gasteiger partial charge is 0.481 e. The molecule has 1 rings (SSSR count). The molecule has 0 aromatic carbocycles. The van der Waals surface area contributed by atoms with Crippen LogP contribution in [0.2, 0.25) is 0 Å². The van der Waals surface area contributed by atoms with Gasteiger partial charge in [0.15, 0.2) is 0 Å². The van der Waals surface area contributed by atoms with Crippen LogP contribution in [0.1, 0.15) is 25.7 Å². The normalized spacial score (nSPS) is 10.4. The smallest absolute Gasteiger partial charge is 0.303 e. The molecule has 0 aliphatic carbocycles. The Labute approximate surface area is 115 Å². The van der Waals surface area contributed by atoms with E-state index < -0.39 is 23.9 Å². The molecule has 10 nitrogen and oxygen atoms in total. The maximum atomic E-state index is 9.64. The maximum absolute atomic E-state index is 9.64. The van der Waals surface area contributed by atoms with Gasteiger partial charge in [-0.2, -0.15) is 0 Å². The van der Waals surface area contributed by atoms with Gasteiger partial charge in [-0.15, -0.1) is 0 Å². The summed E-state index contributed by atoms with van der Waals surface area (Å²) in [6.07, 6.45) is -1.19. The zero-order chi connectivity index (χ0) is 15.3. The van der Waals surface area contributed by atoms with Gasteiger partial charge in [-0.05, 0) is 0 Å². The molecule has 1 aliphatic heterocycles. The van der Waals surface area contributed by atoms with E-state index in [1.54, 1.807) is 0 Å². The van der Waals surface area contributed by atoms with Gasteiger partial charge < -0.3 is 31.9 Å². The molecule has 0 aromatic rings. The Kier molecular flexibility index (Phi) is 17.0. The molecule has 0 radical (unpaired) electrons. The second kappa shape index (κ2) is 14.9. The van der Waals surface area contributed by atoms with Crippen molar-refractivity contribution in [2.75, 3.05) is 13.1 Å². The van der Waals surface area contributed by atoms with Crippen LogP contribution in [-0.2, 0) is 19.2 Å². The molecule has 0 bridgehead atoms. The molecule has 0 unspecified atom stereocenters. The number of aliphatic carboxylic acids is 4. The molecular weight excluding hydrogens is 276 g/mol. The van der Waals surface area contributed by atoms with Crippen LogP contribution in [0, 0.1) is 0 Å². The minimum absolute atomic E-state index is 0. The van der Waals surface area contributed by atoms with Gasteiger partial charge in [0.2, 0.25) is 0 Å². The topological polar surface area (TPSA) is 206 Å². The minimum atomic E-state index is -1.08. The Morgan fingerprint density at radius 3 is 0.850 bits per heavy atom. The van der Waals surface area contributed by atoms with Crippen molar-refractivity contribution in [3.05, 3.63) is 0 Å². The van der Waals surface area contributed by atoms with Gasteiger partial charge in [0.05, 0.1) is 25.7 Å². The summed E-state index contributed by atoms with van der Waals surface area (Å²) in [5.41, 5.74) is 0. The van der Waals surface area contributed by atoms with E-state index >= 15 is 0 Å². The first-order valence-electron chi connectivity index (χ1n) is 5.33. The Morgan fingerprint density at radius 1 is 0.650 bits per heavy atom. The number of nitrogens with one attached hydrogen (secondary N) is 1. The fourth-order valence-corrected chi connectivity index (χ4v) is 0.428. The number of hydrogen-bond donors (Lipinski definition) is 6. The highest BCUT2D eigenvalue weighted by atomic mass is 16.4. The summed E-state index contributed by atoms with van der Waals surface area (Å²) in [6, 6.07) is 0. The Morgan fingerprint density at radius 2 is 0.800 bits per heavy atom. The summed E-state index contributed by atoms with van der Waals surface area (Å²) in [4.78, 5) is 38.6. The van der Waals surface area contributed by atoms with Gasteiger partial charge >= 0.3 is 23.9 Å². The summed E-state index contributed by atoms with van der Waals surface area (Å²) in [7, 11) is 0. The lowest BCUT2D eigenvalue weighted by Crippen LogP contribution is -2.00. The third-order valence-corrected chi connectivity index (χ3v) is 1.36. The third-order valence-electron chi connectivity index (χ3n) is 1.36. The van der Waals surface area contributed by atoms with Crippen molar-refractivity contribution in [1.29, 1.82) is 0 Å². The SMILES string of the molecule is C1CN1.N.O=C(O)CCC(=O)O.O=C(O)CCC(=O)O. The molecule has 20 heavy (non-hydrogen) atoms. The molecule has 10 heteroatoms. The van der Waals surface area contributed by atoms with E-state index in [0.29, 0.717) is 0 Å². The van der Waals surface area contributed by atoms with Gasteiger partial charge in [-0.3, -0.25) is 19.2 Å². The fraction of sp³-hybridized carbons (Fsp3) is 0.600. The van der Waals surface area contributed by atoms with Crippen LogP contribution >= 0.6 is 0 Å². The van der Waals surface area contributed by atoms with Crippen molar-refractivity contribution in [2.45, 2.75) is 25.7 Å². The molecule has 0 spiro atoms. The maximum Gasteiger partial charge on any atom is 0.303 e. The fourth-order valence-electron chi connectivity index (χ4n) is 0.428. The summed E-state index contributed by atoms with van der Waals surface area (Å²) in [5, 5.41) is 34.6. The number of carboxylic acid groups (broad SMARTS) is 4. The molecule has 0 atom stereocenters. The standard InChI is InChI=1S/2C4H6O4.C2H5N.H3N/c2*5-3(6)1-2-4(7)8;1-2-3-1;/h2*1-2H2,(H,5,6)(H,7,8);3H,1-2H2;1H3. The predicted octanol–water partition coefficient (Wildman–Crippen LogP) is -0.377. The van der Waals surface area contributed by atoms with Gasteiger partial charge in [0, 0.05) is 13.1 Å². The summed E-state index contributed by atoms with van der Waals surface area (Å²) in [5.74, 6) is -4.31. The first kappa shape index (κ1) is 22.9. The van der Waals surface area contributed by atoms with E-state index in [9.17, 15) is 19.2 Å². The molecule has 0 amide bonds. The van der Waals surface area contributed by atoms with E-state index in [0.717, 1.165) is 0 Å². The van der Waals surface area contributed by atoms with Gasteiger partial charge in [0.25, 0.3) is 0 Å². The van der Waals surface area contributed by atoms with E-state index in [2.05, 4.69) is 5.32 Å². The van der Waals surface area contributed by atoms with Crippen LogP contribution < -0.4 is 11.5 Å². The highest BCUT2D eigenvalue weighted by Crippen LogP contribution is 1.86. The van der Waals surface area contributed by atoms with Crippen LogP contribution in [0.15, 0.2) is 0 Å². The number of rotatable bonds is 6. The van der Waals surface area contributed by atoms with Gasteiger partial charge in [-0.25, -0.2) is 0 Å². The number of carbonyl (C=O) groups is 4. The summed E-state index contributed by atoms with van der Waals surface area (Å²) < 4.78 is 0. The molecule has 1 heterocycles. The molecule has 1 fully saturated rings. The minimum Gasteiger partial charge on any atom is -0.481 e. The van der Waals surface area contributed by atoms with Crippen molar-refractivity contribution in [3.63, 3.8) is 0 Å². The van der Waals surface area contributed by atoms with E-state index in [-0.39, 0.29) is 31.8 Å². The van der Waals surface area contributed by atoms with Crippen LogP contribution in [0.4, 0.5) is 0 Å². The van der Waals surface area contributed by atoms with E-state index in [1.165, 1.54) is 13.1 Å². The second-order valence-electron chi connectivity index (χ2n) is 3.32. The molecule has 1 aliphatic rings.